The van der Waals surface area contributed by atoms with Gasteiger partial charge < -0.3 is 19.5 Å². The fraction of sp³-hybridized carbons (Fsp3) is 0.304. The molecule has 0 bridgehead atoms. The summed E-state index contributed by atoms with van der Waals surface area (Å²) in [6, 6.07) is 6.25. The SMILES string of the molecule is O=C(O)c1cn(C2CC2)c2cc(N3CCN(c4ccc(F)cc4F)CC3)c(F)cc2c1=O. The molecule has 32 heavy (non-hydrogen) atoms. The fourth-order valence-corrected chi connectivity index (χ4v) is 4.33. The summed E-state index contributed by atoms with van der Waals surface area (Å²) in [5, 5.41) is 9.41. The van der Waals surface area contributed by atoms with E-state index in [0.29, 0.717) is 43.1 Å². The molecule has 0 spiro atoms. The predicted molar refractivity (Wildman–Crippen MR) is 114 cm³/mol. The number of aromatic carboxylic acids is 1. The monoisotopic (exact) mass is 443 g/mol. The Hall–Kier alpha value is -3.49. The minimum absolute atomic E-state index is 0.0464. The Kier molecular flexibility index (Phi) is 4.83. The number of benzene rings is 2. The number of hydrogen-bond acceptors (Lipinski definition) is 4. The molecule has 2 heterocycles. The molecule has 2 aliphatic rings. The van der Waals surface area contributed by atoms with Crippen molar-refractivity contribution in [3.63, 3.8) is 0 Å². The molecular weight excluding hydrogens is 423 g/mol. The van der Waals surface area contributed by atoms with Crippen LogP contribution in [0.1, 0.15) is 29.2 Å². The van der Waals surface area contributed by atoms with Gasteiger partial charge in [-0.05, 0) is 37.1 Å². The summed E-state index contributed by atoms with van der Waals surface area (Å²) in [5.74, 6) is -3.23. The molecule has 5 rings (SSSR count). The van der Waals surface area contributed by atoms with Crippen LogP contribution in [0.2, 0.25) is 0 Å². The molecule has 3 aromatic rings. The number of rotatable bonds is 4. The smallest absolute Gasteiger partial charge is 0.341 e. The predicted octanol–water partition coefficient (Wildman–Crippen LogP) is 3.78. The normalized spacial score (nSPS) is 16.6. The van der Waals surface area contributed by atoms with Gasteiger partial charge in [-0.2, -0.15) is 0 Å². The first-order valence-corrected chi connectivity index (χ1v) is 10.4. The number of anilines is 2. The second-order valence-corrected chi connectivity index (χ2v) is 8.21. The van der Waals surface area contributed by atoms with E-state index in [0.717, 1.165) is 25.0 Å². The van der Waals surface area contributed by atoms with Gasteiger partial charge in [0.25, 0.3) is 0 Å². The second-order valence-electron chi connectivity index (χ2n) is 8.21. The van der Waals surface area contributed by atoms with Crippen LogP contribution >= 0.6 is 0 Å². The van der Waals surface area contributed by atoms with E-state index in [9.17, 15) is 23.5 Å². The molecule has 1 aromatic heterocycles. The van der Waals surface area contributed by atoms with Crippen LogP contribution < -0.4 is 15.2 Å². The molecule has 0 atom stereocenters. The highest BCUT2D eigenvalue weighted by atomic mass is 19.1. The largest absolute Gasteiger partial charge is 0.477 e. The van der Waals surface area contributed by atoms with E-state index in [1.807, 2.05) is 4.90 Å². The molecule has 0 unspecified atom stereocenters. The van der Waals surface area contributed by atoms with Gasteiger partial charge >= 0.3 is 5.97 Å². The first-order valence-electron chi connectivity index (χ1n) is 10.4. The minimum atomic E-state index is -1.33. The first-order chi connectivity index (χ1) is 15.3. The quantitative estimate of drug-likeness (QED) is 0.665. The maximum atomic E-state index is 15.0. The highest BCUT2D eigenvalue weighted by Crippen LogP contribution is 2.38. The Balaban J connectivity index is 1.48. The number of carboxylic acids is 1. The molecule has 9 heteroatoms. The highest BCUT2D eigenvalue weighted by molar-refractivity contribution is 5.93. The van der Waals surface area contributed by atoms with Crippen LogP contribution in [0.5, 0.6) is 0 Å². The van der Waals surface area contributed by atoms with Crippen molar-refractivity contribution < 1.29 is 23.1 Å². The standard InChI is InChI=1S/C23H20F3N3O3/c24-13-1-4-19(17(25)9-13)27-5-7-28(8-6-27)21-11-20-15(10-18(21)26)22(30)16(23(31)32)12-29(20)14-2-3-14/h1,4,9-12,14H,2-3,5-8H2,(H,31,32). The number of nitrogens with zero attached hydrogens (tertiary/aromatic N) is 3. The van der Waals surface area contributed by atoms with Gasteiger partial charge in [-0.3, -0.25) is 4.79 Å². The maximum Gasteiger partial charge on any atom is 0.341 e. The van der Waals surface area contributed by atoms with Gasteiger partial charge in [0.05, 0.1) is 16.9 Å². The van der Waals surface area contributed by atoms with Gasteiger partial charge in [0.1, 0.15) is 23.0 Å². The van der Waals surface area contributed by atoms with Crippen molar-refractivity contribution in [1.82, 2.24) is 4.57 Å². The minimum Gasteiger partial charge on any atom is -0.477 e. The highest BCUT2D eigenvalue weighted by Gasteiger charge is 2.28. The van der Waals surface area contributed by atoms with Gasteiger partial charge in [0.15, 0.2) is 0 Å². The topological polar surface area (TPSA) is 65.8 Å². The lowest BCUT2D eigenvalue weighted by atomic mass is 10.1. The molecule has 2 aromatic carbocycles. The Labute approximate surface area is 181 Å². The fourth-order valence-electron chi connectivity index (χ4n) is 4.33. The second kappa shape index (κ2) is 7.58. The zero-order valence-electron chi connectivity index (χ0n) is 17.0. The van der Waals surface area contributed by atoms with E-state index in [-0.39, 0.29) is 17.0 Å². The first kappa shape index (κ1) is 20.4. The molecule has 2 fully saturated rings. The Morgan fingerprint density at radius 2 is 1.53 bits per heavy atom. The van der Waals surface area contributed by atoms with E-state index >= 15 is 4.39 Å². The van der Waals surface area contributed by atoms with E-state index in [1.54, 1.807) is 15.5 Å². The molecular formula is C23H20F3N3O3. The van der Waals surface area contributed by atoms with Crippen LogP contribution in [0.3, 0.4) is 0 Å². The summed E-state index contributed by atoms with van der Waals surface area (Å²) >= 11 is 0. The lowest BCUT2D eigenvalue weighted by Crippen LogP contribution is -2.47. The van der Waals surface area contributed by atoms with Crippen molar-refractivity contribution in [2.75, 3.05) is 36.0 Å². The molecule has 1 aliphatic carbocycles. The van der Waals surface area contributed by atoms with Crippen molar-refractivity contribution in [2.45, 2.75) is 18.9 Å². The van der Waals surface area contributed by atoms with Gasteiger partial charge in [-0.15, -0.1) is 0 Å². The number of hydrogen-bond donors (Lipinski definition) is 1. The summed E-state index contributed by atoms with van der Waals surface area (Å²) in [4.78, 5) is 27.7. The van der Waals surface area contributed by atoms with Crippen LogP contribution in [0.4, 0.5) is 24.5 Å². The average Bonchev–Trinajstić information content (AvgIpc) is 3.59. The number of halogens is 3. The number of carbonyl (C=O) groups is 1. The zero-order chi connectivity index (χ0) is 22.6. The molecule has 0 amide bonds. The third-order valence-corrected chi connectivity index (χ3v) is 6.14. The van der Waals surface area contributed by atoms with Gasteiger partial charge in [0, 0.05) is 49.9 Å². The number of aromatic nitrogens is 1. The summed E-state index contributed by atoms with van der Waals surface area (Å²) < 4.78 is 44.1. The third kappa shape index (κ3) is 3.47. The molecule has 1 saturated carbocycles. The summed E-state index contributed by atoms with van der Waals surface area (Å²) in [5.41, 5.74) is 0.0475. The van der Waals surface area contributed by atoms with Gasteiger partial charge in [0.2, 0.25) is 5.43 Å². The Morgan fingerprint density at radius 3 is 2.12 bits per heavy atom. The molecule has 1 saturated heterocycles. The maximum absolute atomic E-state index is 15.0. The van der Waals surface area contributed by atoms with E-state index < -0.39 is 28.8 Å². The number of piperazine rings is 1. The molecule has 1 N–H and O–H groups in total. The number of carboxylic acid groups (broad SMARTS) is 1. The lowest BCUT2D eigenvalue weighted by Gasteiger charge is -2.37. The number of fused-ring (bicyclic) bond motifs is 1. The number of pyridine rings is 1. The van der Waals surface area contributed by atoms with Crippen LogP contribution in [0, 0.1) is 17.5 Å². The summed E-state index contributed by atoms with van der Waals surface area (Å²) in [7, 11) is 0. The van der Waals surface area contributed by atoms with Gasteiger partial charge in [-0.1, -0.05) is 0 Å². The van der Waals surface area contributed by atoms with Crippen LogP contribution in [0.25, 0.3) is 10.9 Å². The van der Waals surface area contributed by atoms with E-state index in [2.05, 4.69) is 0 Å². The third-order valence-electron chi connectivity index (χ3n) is 6.14. The Morgan fingerprint density at radius 1 is 0.906 bits per heavy atom. The van der Waals surface area contributed by atoms with Crippen molar-refractivity contribution in [2.24, 2.45) is 0 Å². The lowest BCUT2D eigenvalue weighted by molar-refractivity contribution is 0.0695. The van der Waals surface area contributed by atoms with Crippen molar-refractivity contribution in [1.29, 1.82) is 0 Å². The van der Waals surface area contributed by atoms with Gasteiger partial charge in [-0.25, -0.2) is 18.0 Å². The average molecular weight is 443 g/mol. The zero-order valence-corrected chi connectivity index (χ0v) is 17.0. The molecule has 6 nitrogen and oxygen atoms in total. The summed E-state index contributed by atoms with van der Waals surface area (Å²) in [6.45, 7) is 1.63. The Bertz CT molecular complexity index is 1300. The molecule has 166 valence electrons. The van der Waals surface area contributed by atoms with Crippen LogP contribution in [-0.4, -0.2) is 41.8 Å². The van der Waals surface area contributed by atoms with E-state index in [4.69, 9.17) is 0 Å². The molecule has 0 radical (unpaired) electrons. The van der Waals surface area contributed by atoms with E-state index in [1.165, 1.54) is 18.3 Å². The van der Waals surface area contributed by atoms with Crippen molar-refractivity contribution in [3.05, 3.63) is 69.8 Å². The van der Waals surface area contributed by atoms with Crippen LogP contribution in [-0.2, 0) is 0 Å². The molecule has 1 aliphatic heterocycles. The van der Waals surface area contributed by atoms with Crippen LogP contribution in [0.15, 0.2) is 41.3 Å². The summed E-state index contributed by atoms with van der Waals surface area (Å²) in [6.07, 6.45) is 3.08. The van der Waals surface area contributed by atoms with Crippen molar-refractivity contribution in [3.8, 4) is 0 Å². The van der Waals surface area contributed by atoms with Crippen molar-refractivity contribution >= 4 is 28.2 Å².